The van der Waals surface area contributed by atoms with Crippen LogP contribution in [0.2, 0.25) is 0 Å². The molecule has 1 aliphatic rings. The number of hydrogen-bond donors (Lipinski definition) is 2. The third-order valence-electron chi connectivity index (χ3n) is 2.73. The summed E-state index contributed by atoms with van der Waals surface area (Å²) < 4.78 is 14.3. The zero-order valence-electron chi connectivity index (χ0n) is 9.81. The molecule has 0 unspecified atom stereocenters. The lowest BCUT2D eigenvalue weighted by molar-refractivity contribution is -0.0543. The first kappa shape index (κ1) is 12.7. The van der Waals surface area contributed by atoms with E-state index in [-0.39, 0.29) is 0 Å². The highest BCUT2D eigenvalue weighted by Crippen LogP contribution is 2.21. The molecule has 0 amide bonds. The van der Waals surface area contributed by atoms with Crippen molar-refractivity contribution >= 4 is 16.7 Å². The maximum atomic E-state index is 10.2. The van der Waals surface area contributed by atoms with Gasteiger partial charge in [-0.05, 0) is 0 Å². The molecule has 0 aliphatic carbocycles. The molecule has 2 N–H and O–H groups in total. The first-order chi connectivity index (χ1) is 8.22. The largest absolute Gasteiger partial charge is 0.388 e. The van der Waals surface area contributed by atoms with Gasteiger partial charge in [-0.15, -0.1) is 0 Å². The van der Waals surface area contributed by atoms with E-state index < -0.39 is 5.60 Å². The maximum absolute atomic E-state index is 10.2. The van der Waals surface area contributed by atoms with Crippen molar-refractivity contribution < 1.29 is 14.6 Å². The number of nitrogens with one attached hydrogen (secondary N) is 1. The molecule has 1 saturated heterocycles. The normalized spacial score (nSPS) is 19.2. The second kappa shape index (κ2) is 5.72. The molecule has 0 spiro atoms. The van der Waals surface area contributed by atoms with Crippen LogP contribution >= 0.6 is 11.5 Å². The van der Waals surface area contributed by atoms with Gasteiger partial charge in [-0.25, -0.2) is 4.98 Å². The summed E-state index contributed by atoms with van der Waals surface area (Å²) >= 11 is 1.28. The molecule has 2 rings (SSSR count). The zero-order valence-corrected chi connectivity index (χ0v) is 10.6. The van der Waals surface area contributed by atoms with Crippen LogP contribution in [0.25, 0.3) is 0 Å². The van der Waals surface area contributed by atoms with Gasteiger partial charge in [-0.1, -0.05) is 0 Å². The molecule has 96 valence electrons. The van der Waals surface area contributed by atoms with E-state index in [1.807, 2.05) is 0 Å². The van der Waals surface area contributed by atoms with Gasteiger partial charge in [0, 0.05) is 51.2 Å². The van der Waals surface area contributed by atoms with E-state index in [0.717, 1.165) is 5.13 Å². The van der Waals surface area contributed by atoms with Gasteiger partial charge in [0.05, 0.1) is 5.60 Å². The minimum atomic E-state index is -0.689. The summed E-state index contributed by atoms with van der Waals surface area (Å²) in [5, 5.41) is 14.1. The molecular weight excluding hydrogens is 242 g/mol. The molecule has 2 heterocycles. The van der Waals surface area contributed by atoms with Gasteiger partial charge >= 0.3 is 0 Å². The number of aliphatic hydroxyl groups is 1. The molecular formula is C10H17N3O3S. The molecule has 7 heteroatoms. The topological polar surface area (TPSA) is 76.5 Å². The minimum absolute atomic E-state index is 0.413. The van der Waals surface area contributed by atoms with Crippen LogP contribution in [-0.4, -0.2) is 46.9 Å². The van der Waals surface area contributed by atoms with Gasteiger partial charge < -0.3 is 19.9 Å². The van der Waals surface area contributed by atoms with Crippen molar-refractivity contribution in [2.45, 2.75) is 25.0 Å². The van der Waals surface area contributed by atoms with E-state index in [0.29, 0.717) is 45.0 Å². The first-order valence-electron chi connectivity index (χ1n) is 5.57. The summed E-state index contributed by atoms with van der Waals surface area (Å²) in [6.07, 6.45) is 1.31. The quantitative estimate of drug-likeness (QED) is 0.808. The molecule has 0 radical (unpaired) electrons. The number of hydrogen-bond acceptors (Lipinski definition) is 7. The van der Waals surface area contributed by atoms with Crippen molar-refractivity contribution in [1.82, 2.24) is 9.36 Å². The summed E-state index contributed by atoms with van der Waals surface area (Å²) in [5.74, 6) is 0.666. The van der Waals surface area contributed by atoms with Gasteiger partial charge in [-0.2, -0.15) is 4.37 Å². The second-order valence-corrected chi connectivity index (χ2v) is 4.89. The highest BCUT2D eigenvalue weighted by Gasteiger charge is 2.29. The highest BCUT2D eigenvalue weighted by molar-refractivity contribution is 7.09. The molecule has 17 heavy (non-hydrogen) atoms. The maximum Gasteiger partial charge on any atom is 0.202 e. The smallest absolute Gasteiger partial charge is 0.202 e. The van der Waals surface area contributed by atoms with Crippen molar-refractivity contribution in [3.05, 3.63) is 5.82 Å². The molecule has 1 aromatic rings. The molecule has 1 aliphatic heterocycles. The number of anilines is 1. The Labute approximate surface area is 104 Å². The van der Waals surface area contributed by atoms with Gasteiger partial charge in [0.25, 0.3) is 0 Å². The van der Waals surface area contributed by atoms with Crippen LogP contribution in [0, 0.1) is 0 Å². The van der Waals surface area contributed by atoms with E-state index in [2.05, 4.69) is 14.7 Å². The Morgan fingerprint density at radius 2 is 2.29 bits per heavy atom. The fourth-order valence-electron chi connectivity index (χ4n) is 1.68. The van der Waals surface area contributed by atoms with Crippen LogP contribution in [-0.2, 0) is 16.1 Å². The third-order valence-corrected chi connectivity index (χ3v) is 3.44. The summed E-state index contributed by atoms with van der Waals surface area (Å²) in [4.78, 5) is 4.24. The summed E-state index contributed by atoms with van der Waals surface area (Å²) in [7, 11) is 1.61. The lowest BCUT2D eigenvalue weighted by Gasteiger charge is -2.31. The van der Waals surface area contributed by atoms with Gasteiger partial charge in [0.2, 0.25) is 5.13 Å². The molecule has 0 saturated carbocycles. The molecule has 0 aromatic carbocycles. The van der Waals surface area contributed by atoms with Crippen LogP contribution in [0.1, 0.15) is 18.7 Å². The van der Waals surface area contributed by atoms with E-state index in [9.17, 15) is 5.11 Å². The zero-order chi connectivity index (χ0) is 12.1. The number of rotatable bonds is 5. The fourth-order valence-corrected chi connectivity index (χ4v) is 2.25. The SMILES string of the molecule is COCc1nsc(NCC2(O)CCOCC2)n1. The van der Waals surface area contributed by atoms with Crippen LogP contribution in [0.5, 0.6) is 0 Å². The number of aromatic nitrogens is 2. The predicted molar refractivity (Wildman–Crippen MR) is 64.1 cm³/mol. The van der Waals surface area contributed by atoms with Crippen molar-refractivity contribution in [3.63, 3.8) is 0 Å². The molecule has 0 atom stereocenters. The molecule has 1 fully saturated rings. The monoisotopic (exact) mass is 259 g/mol. The second-order valence-electron chi connectivity index (χ2n) is 4.14. The fraction of sp³-hybridized carbons (Fsp3) is 0.800. The number of methoxy groups -OCH3 is 1. The van der Waals surface area contributed by atoms with Gasteiger partial charge in [0.15, 0.2) is 5.82 Å². The third kappa shape index (κ3) is 3.60. The van der Waals surface area contributed by atoms with Crippen LogP contribution in [0.4, 0.5) is 5.13 Å². The minimum Gasteiger partial charge on any atom is -0.388 e. The number of ether oxygens (including phenoxy) is 2. The van der Waals surface area contributed by atoms with Crippen molar-refractivity contribution in [1.29, 1.82) is 0 Å². The van der Waals surface area contributed by atoms with Crippen LogP contribution < -0.4 is 5.32 Å². The van der Waals surface area contributed by atoms with Crippen molar-refractivity contribution in [2.75, 3.05) is 32.2 Å². The predicted octanol–water partition coefficient (Wildman–Crippen LogP) is 0.638. The standard InChI is InChI=1S/C10H17N3O3S/c1-15-6-8-12-9(17-13-8)11-7-10(14)2-4-16-5-3-10/h14H,2-7H2,1H3,(H,11,12,13). The molecule has 1 aromatic heterocycles. The first-order valence-corrected chi connectivity index (χ1v) is 6.35. The van der Waals surface area contributed by atoms with E-state index in [4.69, 9.17) is 9.47 Å². The van der Waals surface area contributed by atoms with E-state index in [1.165, 1.54) is 11.5 Å². The summed E-state index contributed by atoms with van der Waals surface area (Å²) in [5.41, 5.74) is -0.689. The molecule has 6 nitrogen and oxygen atoms in total. The van der Waals surface area contributed by atoms with Crippen molar-refractivity contribution in [2.24, 2.45) is 0 Å². The average molecular weight is 259 g/mol. The Morgan fingerprint density at radius 1 is 1.53 bits per heavy atom. The van der Waals surface area contributed by atoms with Crippen molar-refractivity contribution in [3.8, 4) is 0 Å². The lowest BCUT2D eigenvalue weighted by atomic mass is 9.95. The number of nitrogens with zero attached hydrogens (tertiary/aromatic N) is 2. The van der Waals surface area contributed by atoms with Crippen LogP contribution in [0.3, 0.4) is 0 Å². The summed E-state index contributed by atoms with van der Waals surface area (Å²) in [6, 6.07) is 0. The average Bonchev–Trinajstić information content (AvgIpc) is 2.76. The van der Waals surface area contributed by atoms with Gasteiger partial charge in [0.1, 0.15) is 6.61 Å². The Balaban J connectivity index is 1.83. The summed E-state index contributed by atoms with van der Waals surface area (Å²) in [6.45, 7) is 2.13. The Kier molecular flexibility index (Phi) is 4.27. The highest BCUT2D eigenvalue weighted by atomic mass is 32.1. The van der Waals surface area contributed by atoms with E-state index in [1.54, 1.807) is 7.11 Å². The Hall–Kier alpha value is -0.760. The van der Waals surface area contributed by atoms with Crippen LogP contribution in [0.15, 0.2) is 0 Å². The Bertz CT molecular complexity index is 352. The lowest BCUT2D eigenvalue weighted by Crippen LogP contribution is -2.42. The van der Waals surface area contributed by atoms with E-state index >= 15 is 0 Å². The van der Waals surface area contributed by atoms with Gasteiger partial charge in [-0.3, -0.25) is 0 Å². The Morgan fingerprint density at radius 3 is 3.00 bits per heavy atom. The molecule has 0 bridgehead atoms.